The Hall–Kier alpha value is -0.0900. The van der Waals surface area contributed by atoms with Crippen LogP contribution in [0.5, 0.6) is 0 Å². The Bertz CT molecular complexity index is 259. The van der Waals surface area contributed by atoms with Crippen molar-refractivity contribution in [1.82, 2.24) is 5.32 Å². The van der Waals surface area contributed by atoms with Crippen molar-refractivity contribution in [2.24, 2.45) is 5.92 Å². The molecule has 0 aromatic carbocycles. The molecule has 2 fully saturated rings. The summed E-state index contributed by atoms with van der Waals surface area (Å²) in [5.74, 6) is 0.886. The second-order valence-electron chi connectivity index (χ2n) is 5.60. The van der Waals surface area contributed by atoms with Crippen molar-refractivity contribution in [2.45, 2.75) is 62.3 Å². The molecule has 2 aliphatic rings. The average Bonchev–Trinajstić information content (AvgIpc) is 2.89. The number of alkyl halides is 1. The lowest BCUT2D eigenvalue weighted by molar-refractivity contribution is -0.121. The van der Waals surface area contributed by atoms with Gasteiger partial charge in [-0.25, -0.2) is 0 Å². The van der Waals surface area contributed by atoms with Gasteiger partial charge in [-0.1, -0.05) is 15.9 Å². The molecule has 0 spiro atoms. The molecule has 0 aromatic heterocycles. The maximum atomic E-state index is 11.7. The quantitative estimate of drug-likeness (QED) is 0.791. The van der Waals surface area contributed by atoms with Gasteiger partial charge in [-0.05, 0) is 50.9 Å². The molecular formula is C14H24BrNO2. The minimum Gasteiger partial charge on any atom is -0.378 e. The summed E-state index contributed by atoms with van der Waals surface area (Å²) in [6.07, 6.45) is 9.10. The van der Waals surface area contributed by atoms with Crippen molar-refractivity contribution >= 4 is 21.8 Å². The summed E-state index contributed by atoms with van der Waals surface area (Å²) in [6, 6.07) is 0. The van der Waals surface area contributed by atoms with Crippen LogP contribution in [0.2, 0.25) is 0 Å². The topological polar surface area (TPSA) is 38.3 Å². The molecule has 104 valence electrons. The van der Waals surface area contributed by atoms with Crippen LogP contribution in [0.1, 0.15) is 51.4 Å². The number of rotatable bonds is 5. The average molecular weight is 318 g/mol. The summed E-state index contributed by atoms with van der Waals surface area (Å²) >= 11 is 3.66. The summed E-state index contributed by atoms with van der Waals surface area (Å²) in [5.41, 5.74) is 0. The van der Waals surface area contributed by atoms with E-state index in [0.29, 0.717) is 23.3 Å². The molecule has 1 saturated carbocycles. The fraction of sp³-hybridized carbons (Fsp3) is 0.929. The Morgan fingerprint density at radius 3 is 2.67 bits per heavy atom. The Balaban J connectivity index is 1.54. The van der Waals surface area contributed by atoms with E-state index in [4.69, 9.17) is 4.74 Å². The van der Waals surface area contributed by atoms with E-state index in [9.17, 15) is 4.79 Å². The molecule has 0 bridgehead atoms. The first-order valence-corrected chi connectivity index (χ1v) is 8.18. The molecule has 4 heteroatoms. The number of nitrogens with one attached hydrogen (secondary N) is 1. The molecule has 1 amide bonds. The number of halogens is 1. The Labute approximate surface area is 118 Å². The Morgan fingerprint density at radius 2 is 2.00 bits per heavy atom. The van der Waals surface area contributed by atoms with E-state index in [1.54, 1.807) is 0 Å². The lowest BCUT2D eigenvalue weighted by atomic mass is 9.89. The van der Waals surface area contributed by atoms with Gasteiger partial charge in [0, 0.05) is 24.4 Å². The van der Waals surface area contributed by atoms with Gasteiger partial charge in [0.1, 0.15) is 0 Å². The lowest BCUT2D eigenvalue weighted by Gasteiger charge is -2.25. The minimum absolute atomic E-state index is 0.200. The van der Waals surface area contributed by atoms with Crippen LogP contribution in [0.15, 0.2) is 0 Å². The first-order valence-electron chi connectivity index (χ1n) is 7.26. The van der Waals surface area contributed by atoms with Gasteiger partial charge < -0.3 is 10.1 Å². The van der Waals surface area contributed by atoms with Crippen molar-refractivity contribution in [3.63, 3.8) is 0 Å². The van der Waals surface area contributed by atoms with Crippen molar-refractivity contribution < 1.29 is 9.53 Å². The molecule has 1 saturated heterocycles. The Kier molecular flexibility index (Phi) is 5.96. The smallest absolute Gasteiger partial charge is 0.220 e. The molecule has 1 N–H and O–H groups in total. The zero-order valence-electron chi connectivity index (χ0n) is 11.0. The summed E-state index contributed by atoms with van der Waals surface area (Å²) < 4.78 is 5.52. The predicted octanol–water partition coefficient (Wildman–Crippen LogP) is 3.02. The molecule has 1 atom stereocenters. The van der Waals surface area contributed by atoms with Crippen LogP contribution >= 0.6 is 15.9 Å². The maximum Gasteiger partial charge on any atom is 0.220 e. The third-order valence-corrected chi connectivity index (χ3v) is 5.00. The van der Waals surface area contributed by atoms with E-state index in [1.165, 1.54) is 25.7 Å². The minimum atomic E-state index is 0.200. The highest BCUT2D eigenvalue weighted by molar-refractivity contribution is 9.09. The van der Waals surface area contributed by atoms with Gasteiger partial charge in [-0.3, -0.25) is 4.79 Å². The van der Waals surface area contributed by atoms with E-state index in [2.05, 4.69) is 21.2 Å². The van der Waals surface area contributed by atoms with Crippen molar-refractivity contribution in [2.75, 3.05) is 13.2 Å². The predicted molar refractivity (Wildman–Crippen MR) is 75.9 cm³/mol. The second-order valence-corrected chi connectivity index (χ2v) is 6.89. The number of carbonyl (C=O) groups excluding carboxylic acids is 1. The highest BCUT2D eigenvalue weighted by atomic mass is 79.9. The van der Waals surface area contributed by atoms with Crippen LogP contribution in [0, 0.1) is 5.92 Å². The van der Waals surface area contributed by atoms with E-state index in [0.717, 1.165) is 32.4 Å². The maximum absolute atomic E-state index is 11.7. The lowest BCUT2D eigenvalue weighted by Crippen LogP contribution is -2.31. The monoisotopic (exact) mass is 317 g/mol. The molecule has 0 radical (unpaired) electrons. The van der Waals surface area contributed by atoms with Crippen molar-refractivity contribution in [3.05, 3.63) is 0 Å². The van der Waals surface area contributed by atoms with E-state index in [1.807, 2.05) is 0 Å². The van der Waals surface area contributed by atoms with Crippen LogP contribution in [0.4, 0.5) is 0 Å². The number of hydrogen-bond acceptors (Lipinski definition) is 2. The fourth-order valence-corrected chi connectivity index (χ4v) is 3.37. The number of ether oxygens (including phenoxy) is 1. The molecule has 1 heterocycles. The number of amides is 1. The highest BCUT2D eigenvalue weighted by Crippen LogP contribution is 2.28. The third kappa shape index (κ3) is 4.88. The first-order chi connectivity index (χ1) is 8.74. The van der Waals surface area contributed by atoms with Gasteiger partial charge in [-0.15, -0.1) is 0 Å². The molecule has 1 unspecified atom stereocenters. The number of hydrogen-bond donors (Lipinski definition) is 1. The molecule has 0 aromatic rings. The van der Waals surface area contributed by atoms with Gasteiger partial charge in [0.05, 0.1) is 6.10 Å². The molecule has 1 aliphatic carbocycles. The highest BCUT2D eigenvalue weighted by Gasteiger charge is 2.20. The molecule has 18 heavy (non-hydrogen) atoms. The van der Waals surface area contributed by atoms with Gasteiger partial charge in [0.15, 0.2) is 0 Å². The van der Waals surface area contributed by atoms with Crippen LogP contribution in [-0.2, 0) is 9.53 Å². The molecule has 2 rings (SSSR count). The second kappa shape index (κ2) is 7.49. The largest absolute Gasteiger partial charge is 0.378 e. The summed E-state index contributed by atoms with van der Waals surface area (Å²) in [7, 11) is 0. The molecule has 3 nitrogen and oxygen atoms in total. The first kappa shape index (κ1) is 14.3. The molecule has 1 aliphatic heterocycles. The van der Waals surface area contributed by atoms with Gasteiger partial charge >= 0.3 is 0 Å². The fourth-order valence-electron chi connectivity index (χ4n) is 2.84. The Morgan fingerprint density at radius 1 is 1.22 bits per heavy atom. The third-order valence-electron chi connectivity index (χ3n) is 4.08. The van der Waals surface area contributed by atoms with Crippen molar-refractivity contribution in [1.29, 1.82) is 0 Å². The SMILES string of the molecule is O=C(CCC1CCCO1)NCC1CCC(Br)CC1. The van der Waals surface area contributed by atoms with E-state index in [-0.39, 0.29) is 5.91 Å². The van der Waals surface area contributed by atoms with Crippen LogP contribution < -0.4 is 5.32 Å². The van der Waals surface area contributed by atoms with Crippen LogP contribution in [0.3, 0.4) is 0 Å². The standard InChI is InChI=1S/C14H24BrNO2/c15-12-5-3-11(4-6-12)10-16-14(17)8-7-13-2-1-9-18-13/h11-13H,1-10H2,(H,16,17). The summed E-state index contributed by atoms with van der Waals surface area (Å²) in [5, 5.41) is 3.08. The van der Waals surface area contributed by atoms with E-state index >= 15 is 0 Å². The summed E-state index contributed by atoms with van der Waals surface area (Å²) in [6.45, 7) is 1.74. The number of carbonyl (C=O) groups is 1. The molecular weight excluding hydrogens is 294 g/mol. The zero-order valence-corrected chi connectivity index (χ0v) is 12.6. The van der Waals surface area contributed by atoms with Crippen molar-refractivity contribution in [3.8, 4) is 0 Å². The van der Waals surface area contributed by atoms with Crippen LogP contribution in [-0.4, -0.2) is 30.0 Å². The zero-order chi connectivity index (χ0) is 12.8. The van der Waals surface area contributed by atoms with Gasteiger partial charge in [0.25, 0.3) is 0 Å². The van der Waals surface area contributed by atoms with Crippen LogP contribution in [0.25, 0.3) is 0 Å². The normalized spacial score (nSPS) is 32.4. The van der Waals surface area contributed by atoms with E-state index < -0.39 is 0 Å². The van der Waals surface area contributed by atoms with Gasteiger partial charge in [-0.2, -0.15) is 0 Å². The van der Waals surface area contributed by atoms with Gasteiger partial charge in [0.2, 0.25) is 5.91 Å². The summed E-state index contributed by atoms with van der Waals surface area (Å²) in [4.78, 5) is 12.4.